The van der Waals surface area contributed by atoms with E-state index >= 15 is 0 Å². The van der Waals surface area contributed by atoms with Crippen molar-refractivity contribution in [1.82, 2.24) is 15.0 Å². The lowest BCUT2D eigenvalue weighted by atomic mass is 10.1. The zero-order valence-electron chi connectivity index (χ0n) is 15.9. The summed E-state index contributed by atoms with van der Waals surface area (Å²) in [5.41, 5.74) is 2.80. The van der Waals surface area contributed by atoms with Crippen molar-refractivity contribution in [2.24, 2.45) is 0 Å². The Morgan fingerprint density at radius 3 is 2.69 bits per heavy atom. The lowest BCUT2D eigenvalue weighted by molar-refractivity contribution is 0.210. The van der Waals surface area contributed by atoms with Crippen LogP contribution >= 0.6 is 11.3 Å². The van der Waals surface area contributed by atoms with Crippen molar-refractivity contribution in [1.29, 1.82) is 0 Å². The van der Waals surface area contributed by atoms with Gasteiger partial charge in [-0.2, -0.15) is 4.98 Å². The minimum Gasteiger partial charge on any atom is -0.383 e. The van der Waals surface area contributed by atoms with Crippen LogP contribution in [0.25, 0.3) is 21.3 Å². The van der Waals surface area contributed by atoms with E-state index in [0.717, 1.165) is 27.0 Å². The Balaban J connectivity index is 1.72. The summed E-state index contributed by atoms with van der Waals surface area (Å²) in [6, 6.07) is 12.2. The van der Waals surface area contributed by atoms with Crippen molar-refractivity contribution >= 4 is 33.3 Å². The molecule has 0 aliphatic carbocycles. The van der Waals surface area contributed by atoms with E-state index in [9.17, 15) is 4.39 Å². The first-order valence-corrected chi connectivity index (χ1v) is 10.0. The second-order valence-corrected chi connectivity index (χ2v) is 7.18. The maximum absolute atomic E-state index is 13.4. The van der Waals surface area contributed by atoms with Crippen LogP contribution in [0.15, 0.2) is 54.0 Å². The van der Waals surface area contributed by atoms with Gasteiger partial charge in [-0.3, -0.25) is 4.98 Å². The number of rotatable bonds is 8. The highest BCUT2D eigenvalue weighted by atomic mass is 32.1. The number of thiophene rings is 1. The van der Waals surface area contributed by atoms with Crippen LogP contribution in [0.3, 0.4) is 0 Å². The van der Waals surface area contributed by atoms with Crippen molar-refractivity contribution in [3.05, 3.63) is 65.6 Å². The third kappa shape index (κ3) is 4.49. The Labute approximate surface area is 171 Å². The molecule has 0 unspecified atom stereocenters. The van der Waals surface area contributed by atoms with Crippen molar-refractivity contribution in [2.75, 3.05) is 30.9 Å². The van der Waals surface area contributed by atoms with Gasteiger partial charge < -0.3 is 15.4 Å². The first-order valence-electron chi connectivity index (χ1n) is 9.16. The average Bonchev–Trinajstić information content (AvgIpc) is 3.18. The first kappa shape index (κ1) is 19.2. The molecule has 148 valence electrons. The predicted octanol–water partition coefficient (Wildman–Crippen LogP) is 4.56. The maximum Gasteiger partial charge on any atom is 0.226 e. The van der Waals surface area contributed by atoms with Crippen LogP contribution in [0, 0.1) is 5.82 Å². The molecule has 0 fully saturated rings. The van der Waals surface area contributed by atoms with Gasteiger partial charge in [-0.1, -0.05) is 18.2 Å². The number of methoxy groups -OCH3 is 1. The van der Waals surface area contributed by atoms with E-state index in [-0.39, 0.29) is 5.82 Å². The molecule has 3 heterocycles. The molecule has 29 heavy (non-hydrogen) atoms. The van der Waals surface area contributed by atoms with Gasteiger partial charge in [0.1, 0.15) is 16.5 Å². The van der Waals surface area contributed by atoms with Crippen LogP contribution in [0.4, 0.5) is 16.2 Å². The molecule has 0 saturated carbocycles. The van der Waals surface area contributed by atoms with Crippen LogP contribution < -0.4 is 10.6 Å². The summed E-state index contributed by atoms with van der Waals surface area (Å²) in [6.07, 6.45) is 1.76. The van der Waals surface area contributed by atoms with Crippen molar-refractivity contribution in [2.45, 2.75) is 6.54 Å². The summed E-state index contributed by atoms with van der Waals surface area (Å²) in [6.45, 7) is 1.70. The number of anilines is 2. The Morgan fingerprint density at radius 2 is 1.93 bits per heavy atom. The maximum atomic E-state index is 13.4. The fourth-order valence-electron chi connectivity index (χ4n) is 2.93. The summed E-state index contributed by atoms with van der Waals surface area (Å²) in [5.74, 6) is 0.981. The highest BCUT2D eigenvalue weighted by molar-refractivity contribution is 7.17. The largest absolute Gasteiger partial charge is 0.383 e. The highest BCUT2D eigenvalue weighted by Gasteiger charge is 2.15. The molecule has 4 aromatic rings. The molecule has 0 atom stereocenters. The van der Waals surface area contributed by atoms with E-state index in [1.165, 1.54) is 23.5 Å². The number of nitrogens with zero attached hydrogens (tertiary/aromatic N) is 3. The molecular formula is C21H20FN5OS. The molecule has 6 nitrogen and oxygen atoms in total. The number of halogens is 1. The SMILES string of the molecule is COCCNc1nc(NCc2ccccn2)c2c(-c3ccc(F)cc3)csc2n1. The van der Waals surface area contributed by atoms with Crippen LogP contribution in [-0.2, 0) is 11.3 Å². The number of pyridine rings is 1. The zero-order chi connectivity index (χ0) is 20.1. The van der Waals surface area contributed by atoms with E-state index in [1.807, 2.05) is 23.6 Å². The Hall–Kier alpha value is -3.10. The molecule has 2 N–H and O–H groups in total. The number of aromatic nitrogens is 3. The van der Waals surface area contributed by atoms with Gasteiger partial charge in [0, 0.05) is 30.8 Å². The van der Waals surface area contributed by atoms with E-state index in [4.69, 9.17) is 4.74 Å². The highest BCUT2D eigenvalue weighted by Crippen LogP contribution is 2.37. The summed E-state index contributed by atoms with van der Waals surface area (Å²) >= 11 is 1.53. The number of hydrogen-bond acceptors (Lipinski definition) is 7. The molecule has 0 aliphatic rings. The summed E-state index contributed by atoms with van der Waals surface area (Å²) in [4.78, 5) is 14.5. The zero-order valence-corrected chi connectivity index (χ0v) is 16.7. The molecule has 0 radical (unpaired) electrons. The standard InChI is InChI=1S/C21H20FN5OS/c1-28-11-10-24-21-26-19(25-12-16-4-2-3-9-23-16)18-17(13-29-20(18)27-21)14-5-7-15(22)8-6-14/h2-9,13H,10-12H2,1H3,(H2,24,25,26,27). The molecule has 0 spiro atoms. The fraction of sp³-hybridized carbons (Fsp3) is 0.190. The lowest BCUT2D eigenvalue weighted by Gasteiger charge is -2.11. The van der Waals surface area contributed by atoms with Gasteiger partial charge in [-0.25, -0.2) is 9.37 Å². The average molecular weight is 409 g/mol. The molecule has 4 rings (SSSR count). The Morgan fingerprint density at radius 1 is 1.07 bits per heavy atom. The third-order valence-electron chi connectivity index (χ3n) is 4.34. The third-order valence-corrected chi connectivity index (χ3v) is 5.21. The Kier molecular flexibility index (Phi) is 5.92. The molecule has 0 amide bonds. The second-order valence-electron chi connectivity index (χ2n) is 6.33. The molecule has 0 aliphatic heterocycles. The van der Waals surface area contributed by atoms with Crippen molar-refractivity contribution in [3.8, 4) is 11.1 Å². The van der Waals surface area contributed by atoms with Crippen molar-refractivity contribution < 1.29 is 9.13 Å². The summed E-state index contributed by atoms with van der Waals surface area (Å²) < 4.78 is 18.5. The van der Waals surface area contributed by atoms with E-state index in [2.05, 4.69) is 25.6 Å². The van der Waals surface area contributed by atoms with Crippen LogP contribution in [0.5, 0.6) is 0 Å². The number of nitrogens with one attached hydrogen (secondary N) is 2. The smallest absolute Gasteiger partial charge is 0.226 e. The van der Waals surface area contributed by atoms with Crippen LogP contribution in [0.1, 0.15) is 5.69 Å². The van der Waals surface area contributed by atoms with E-state index in [0.29, 0.717) is 31.5 Å². The van der Waals surface area contributed by atoms with Gasteiger partial charge in [0.25, 0.3) is 0 Å². The van der Waals surface area contributed by atoms with E-state index in [1.54, 1.807) is 25.4 Å². The van der Waals surface area contributed by atoms with Gasteiger partial charge in [-0.15, -0.1) is 11.3 Å². The fourth-order valence-corrected chi connectivity index (χ4v) is 3.88. The monoisotopic (exact) mass is 409 g/mol. The number of fused-ring (bicyclic) bond motifs is 1. The van der Waals surface area contributed by atoms with Crippen molar-refractivity contribution in [3.63, 3.8) is 0 Å². The van der Waals surface area contributed by atoms with Gasteiger partial charge in [-0.05, 0) is 29.8 Å². The number of benzene rings is 1. The molecule has 1 aromatic carbocycles. The minimum atomic E-state index is -0.261. The predicted molar refractivity (Wildman–Crippen MR) is 115 cm³/mol. The number of hydrogen-bond donors (Lipinski definition) is 2. The van der Waals surface area contributed by atoms with Gasteiger partial charge >= 0.3 is 0 Å². The second kappa shape index (κ2) is 8.93. The molecule has 8 heteroatoms. The normalized spacial score (nSPS) is 11.0. The number of ether oxygens (including phenoxy) is 1. The van der Waals surface area contributed by atoms with Gasteiger partial charge in [0.05, 0.1) is 24.2 Å². The van der Waals surface area contributed by atoms with E-state index < -0.39 is 0 Å². The molecule has 0 bridgehead atoms. The van der Waals surface area contributed by atoms with Crippen LogP contribution in [0.2, 0.25) is 0 Å². The van der Waals surface area contributed by atoms with Crippen LogP contribution in [-0.4, -0.2) is 35.2 Å². The topological polar surface area (TPSA) is 72.0 Å². The molecule has 0 saturated heterocycles. The van der Waals surface area contributed by atoms with Gasteiger partial charge in [0.15, 0.2) is 0 Å². The summed E-state index contributed by atoms with van der Waals surface area (Å²) in [5, 5.41) is 9.51. The lowest BCUT2D eigenvalue weighted by Crippen LogP contribution is -2.12. The summed E-state index contributed by atoms with van der Waals surface area (Å²) in [7, 11) is 1.65. The minimum absolute atomic E-state index is 0.261. The molecule has 3 aromatic heterocycles. The molecular weight excluding hydrogens is 389 g/mol. The van der Waals surface area contributed by atoms with Gasteiger partial charge in [0.2, 0.25) is 5.95 Å². The Bertz CT molecular complexity index is 1090. The first-order chi connectivity index (χ1) is 14.2. The quantitative estimate of drug-likeness (QED) is 0.416.